The number of carbonyl (C=O) groups excluding carboxylic acids is 1. The summed E-state index contributed by atoms with van der Waals surface area (Å²) in [6.45, 7) is 3.62. The number of methoxy groups -OCH3 is 1. The summed E-state index contributed by atoms with van der Waals surface area (Å²) in [5.41, 5.74) is 8.72. The second-order valence-electron chi connectivity index (χ2n) is 5.34. The topological polar surface area (TPSA) is 64.3 Å². The van der Waals surface area contributed by atoms with E-state index in [2.05, 4.69) is 5.32 Å². The Morgan fingerprint density at radius 1 is 1.09 bits per heavy atom. The van der Waals surface area contributed by atoms with Crippen molar-refractivity contribution in [1.82, 2.24) is 5.32 Å². The van der Waals surface area contributed by atoms with E-state index >= 15 is 0 Å². The lowest BCUT2D eigenvalue weighted by Crippen LogP contribution is -2.39. The Balaban J connectivity index is 0.00000264. The number of benzene rings is 2. The quantitative estimate of drug-likeness (QED) is 0.881. The summed E-state index contributed by atoms with van der Waals surface area (Å²) in [6.07, 6.45) is 0. The monoisotopic (exact) mass is 334 g/mol. The highest BCUT2D eigenvalue weighted by Gasteiger charge is 2.13. The lowest BCUT2D eigenvalue weighted by Gasteiger charge is -2.16. The van der Waals surface area contributed by atoms with E-state index in [4.69, 9.17) is 10.5 Å². The molecule has 0 aliphatic carbocycles. The zero-order chi connectivity index (χ0) is 16.1. The highest BCUT2D eigenvalue weighted by molar-refractivity contribution is 5.85. The Morgan fingerprint density at radius 3 is 2.26 bits per heavy atom. The number of carbonyl (C=O) groups is 1. The second-order valence-corrected chi connectivity index (χ2v) is 5.34. The molecule has 1 amide bonds. The summed E-state index contributed by atoms with van der Waals surface area (Å²) < 4.78 is 5.39. The molecule has 0 heterocycles. The number of nitrogens with two attached hydrogens (primary N) is 1. The molecule has 3 N–H and O–H groups in total. The molecule has 2 atom stereocenters. The van der Waals surface area contributed by atoms with Gasteiger partial charge in [0.15, 0.2) is 0 Å². The summed E-state index contributed by atoms with van der Waals surface area (Å²) >= 11 is 0. The molecule has 0 aliphatic rings. The molecule has 23 heavy (non-hydrogen) atoms. The number of nitrogens with one attached hydrogen (secondary N) is 1. The minimum atomic E-state index is -0.504. The average Bonchev–Trinajstić information content (AvgIpc) is 2.54. The van der Waals surface area contributed by atoms with E-state index in [-0.39, 0.29) is 24.4 Å². The minimum absolute atomic E-state index is 0. The highest BCUT2D eigenvalue weighted by atomic mass is 35.5. The number of para-hydroxylation sites is 1. The Kier molecular flexibility index (Phi) is 7.07. The third-order valence-corrected chi connectivity index (χ3v) is 3.60. The molecule has 0 saturated heterocycles. The molecule has 1 unspecified atom stereocenters. The van der Waals surface area contributed by atoms with Crippen molar-refractivity contribution in [2.45, 2.75) is 25.9 Å². The smallest absolute Gasteiger partial charge is 0.237 e. The Bertz CT molecular complexity index is 642. The van der Waals surface area contributed by atoms with Crippen molar-refractivity contribution < 1.29 is 9.53 Å². The van der Waals surface area contributed by atoms with E-state index in [1.165, 1.54) is 0 Å². The van der Waals surface area contributed by atoms with Crippen LogP contribution in [-0.4, -0.2) is 19.1 Å². The molecule has 2 aromatic carbocycles. The first-order chi connectivity index (χ1) is 10.5. The van der Waals surface area contributed by atoms with Crippen LogP contribution in [-0.2, 0) is 4.79 Å². The fourth-order valence-corrected chi connectivity index (χ4v) is 2.26. The van der Waals surface area contributed by atoms with Crippen LogP contribution in [0.1, 0.15) is 25.5 Å². The lowest BCUT2D eigenvalue weighted by atomic mass is 10.0. The van der Waals surface area contributed by atoms with E-state index in [0.29, 0.717) is 0 Å². The van der Waals surface area contributed by atoms with Crippen molar-refractivity contribution in [1.29, 1.82) is 0 Å². The van der Waals surface area contributed by atoms with E-state index in [0.717, 1.165) is 22.4 Å². The third kappa shape index (κ3) is 4.71. The van der Waals surface area contributed by atoms with Crippen molar-refractivity contribution in [3.63, 3.8) is 0 Å². The van der Waals surface area contributed by atoms with E-state index in [1.807, 2.05) is 55.5 Å². The summed E-state index contributed by atoms with van der Waals surface area (Å²) in [5.74, 6) is 0.690. The van der Waals surface area contributed by atoms with Crippen LogP contribution in [0.5, 0.6) is 5.75 Å². The van der Waals surface area contributed by atoms with Gasteiger partial charge >= 0.3 is 0 Å². The van der Waals surface area contributed by atoms with Gasteiger partial charge in [0.1, 0.15) is 5.75 Å². The first-order valence-corrected chi connectivity index (χ1v) is 7.32. The summed E-state index contributed by atoms with van der Waals surface area (Å²) in [6, 6.07) is 15.4. The number of hydrogen-bond donors (Lipinski definition) is 2. The van der Waals surface area contributed by atoms with Crippen molar-refractivity contribution in [2.75, 3.05) is 7.11 Å². The fourth-order valence-electron chi connectivity index (χ4n) is 2.26. The van der Waals surface area contributed by atoms with Gasteiger partial charge < -0.3 is 15.8 Å². The first kappa shape index (κ1) is 19.0. The SMILES string of the molecule is COc1ccccc1-c1ccc(C(C)NC(=O)[C@@H](C)N)cc1.Cl. The van der Waals surface area contributed by atoms with Gasteiger partial charge in [-0.3, -0.25) is 4.79 Å². The molecular weight excluding hydrogens is 312 g/mol. The van der Waals surface area contributed by atoms with Crippen molar-refractivity contribution in [2.24, 2.45) is 5.73 Å². The molecule has 0 spiro atoms. The van der Waals surface area contributed by atoms with Gasteiger partial charge in [0, 0.05) is 5.56 Å². The molecule has 0 saturated carbocycles. The molecule has 2 rings (SSSR count). The lowest BCUT2D eigenvalue weighted by molar-refractivity contribution is -0.122. The summed E-state index contributed by atoms with van der Waals surface area (Å²) in [4.78, 5) is 11.6. The van der Waals surface area contributed by atoms with E-state index in [1.54, 1.807) is 14.0 Å². The van der Waals surface area contributed by atoms with Crippen LogP contribution in [0.4, 0.5) is 0 Å². The largest absolute Gasteiger partial charge is 0.496 e. The zero-order valence-electron chi connectivity index (χ0n) is 13.6. The third-order valence-electron chi connectivity index (χ3n) is 3.60. The van der Waals surface area contributed by atoms with Crippen LogP contribution in [0.25, 0.3) is 11.1 Å². The van der Waals surface area contributed by atoms with Gasteiger partial charge in [0.2, 0.25) is 5.91 Å². The summed E-state index contributed by atoms with van der Waals surface area (Å²) in [5, 5.41) is 2.89. The van der Waals surface area contributed by atoms with Crippen molar-refractivity contribution in [3.05, 3.63) is 54.1 Å². The second kappa shape index (κ2) is 8.56. The molecule has 4 nitrogen and oxygen atoms in total. The summed E-state index contributed by atoms with van der Waals surface area (Å²) in [7, 11) is 1.67. The van der Waals surface area contributed by atoms with E-state index < -0.39 is 6.04 Å². The van der Waals surface area contributed by atoms with Gasteiger partial charge in [-0.25, -0.2) is 0 Å². The molecule has 0 aliphatic heterocycles. The molecule has 0 bridgehead atoms. The van der Waals surface area contributed by atoms with Gasteiger partial charge in [-0.05, 0) is 31.0 Å². The maximum atomic E-state index is 11.6. The standard InChI is InChI=1S/C18H22N2O2.ClH/c1-12(19)18(21)20-13(2)14-8-10-15(11-9-14)16-6-4-5-7-17(16)22-3;/h4-13H,19H2,1-3H3,(H,20,21);1H/t12-,13?;/m1./s1. The van der Waals surface area contributed by atoms with Crippen molar-refractivity contribution >= 4 is 18.3 Å². The minimum Gasteiger partial charge on any atom is -0.496 e. The molecule has 124 valence electrons. The van der Waals surface area contributed by atoms with Gasteiger partial charge in [-0.2, -0.15) is 0 Å². The van der Waals surface area contributed by atoms with Crippen LogP contribution in [0.15, 0.2) is 48.5 Å². The van der Waals surface area contributed by atoms with Crippen LogP contribution in [0, 0.1) is 0 Å². The van der Waals surface area contributed by atoms with Gasteiger partial charge in [-0.15, -0.1) is 12.4 Å². The molecule has 0 radical (unpaired) electrons. The predicted molar refractivity (Wildman–Crippen MR) is 95.9 cm³/mol. The zero-order valence-corrected chi connectivity index (χ0v) is 14.4. The van der Waals surface area contributed by atoms with Gasteiger partial charge in [0.05, 0.1) is 19.2 Å². The highest BCUT2D eigenvalue weighted by Crippen LogP contribution is 2.30. The number of amides is 1. The molecule has 5 heteroatoms. The van der Waals surface area contributed by atoms with Gasteiger partial charge in [-0.1, -0.05) is 42.5 Å². The maximum Gasteiger partial charge on any atom is 0.237 e. The molecule has 0 aromatic heterocycles. The van der Waals surface area contributed by atoms with Gasteiger partial charge in [0.25, 0.3) is 0 Å². The van der Waals surface area contributed by atoms with E-state index in [9.17, 15) is 4.79 Å². The first-order valence-electron chi connectivity index (χ1n) is 7.32. The predicted octanol–water partition coefficient (Wildman–Crippen LogP) is 3.31. The normalized spacial score (nSPS) is 12.7. The molecular formula is C18H23ClN2O2. The van der Waals surface area contributed by atoms with Crippen LogP contribution in [0.3, 0.4) is 0 Å². The van der Waals surface area contributed by atoms with Crippen molar-refractivity contribution in [3.8, 4) is 16.9 Å². The fraction of sp³-hybridized carbons (Fsp3) is 0.278. The number of hydrogen-bond acceptors (Lipinski definition) is 3. The Labute approximate surface area is 143 Å². The Hall–Kier alpha value is -2.04. The van der Waals surface area contributed by atoms with Crippen LogP contribution >= 0.6 is 12.4 Å². The molecule has 2 aromatic rings. The average molecular weight is 335 g/mol. The molecule has 0 fully saturated rings. The maximum absolute atomic E-state index is 11.6. The van der Waals surface area contributed by atoms with Crippen LogP contribution in [0.2, 0.25) is 0 Å². The number of rotatable bonds is 5. The van der Waals surface area contributed by atoms with Crippen LogP contribution < -0.4 is 15.8 Å². The number of ether oxygens (including phenoxy) is 1. The Morgan fingerprint density at radius 2 is 1.70 bits per heavy atom. The number of halogens is 1.